The van der Waals surface area contributed by atoms with Gasteiger partial charge in [0, 0.05) is 6.42 Å². The number of nitrogens with zero attached hydrogens (tertiary/aromatic N) is 1. The molecule has 0 amide bonds. The maximum absolute atomic E-state index is 6.04. The molecule has 2 nitrogen and oxygen atoms in total. The van der Waals surface area contributed by atoms with Crippen LogP contribution in [0.3, 0.4) is 0 Å². The summed E-state index contributed by atoms with van der Waals surface area (Å²) in [6.45, 7) is 5.63. The van der Waals surface area contributed by atoms with Crippen LogP contribution in [0.1, 0.15) is 46.0 Å². The minimum atomic E-state index is 0. The van der Waals surface area contributed by atoms with Crippen molar-refractivity contribution in [2.75, 3.05) is 20.6 Å². The molecule has 88 valence electrons. The van der Waals surface area contributed by atoms with Gasteiger partial charge < -0.3 is 28.5 Å². The lowest BCUT2D eigenvalue weighted by Gasteiger charge is -2.35. The molecule has 0 heterocycles. The van der Waals surface area contributed by atoms with Crippen LogP contribution in [0.4, 0.5) is 0 Å². The number of hydrogen-bond donors (Lipinski definition) is 1. The normalized spacial score (nSPS) is 13.5. The van der Waals surface area contributed by atoms with E-state index in [1.54, 1.807) is 0 Å². The molecule has 14 heavy (non-hydrogen) atoms. The topological polar surface area (TPSA) is 26.0 Å². The number of rotatable bonds is 7. The molecule has 0 aromatic carbocycles. The van der Waals surface area contributed by atoms with E-state index in [0.717, 1.165) is 10.9 Å². The molecule has 1 atom stereocenters. The summed E-state index contributed by atoms with van der Waals surface area (Å²) < 4.78 is 0.972. The van der Waals surface area contributed by atoms with Gasteiger partial charge in [0.2, 0.25) is 0 Å². The van der Waals surface area contributed by atoms with Crippen LogP contribution in [0.2, 0.25) is 0 Å². The molecular weight excluding hydrogens is 287 g/mol. The number of halogens is 1. The second-order valence-electron chi connectivity index (χ2n) is 4.54. The van der Waals surface area contributed by atoms with E-state index in [-0.39, 0.29) is 24.0 Å². The van der Waals surface area contributed by atoms with Crippen molar-refractivity contribution in [1.82, 2.24) is 0 Å². The molecule has 0 saturated heterocycles. The Labute approximate surface area is 107 Å². The van der Waals surface area contributed by atoms with Crippen LogP contribution in [0.5, 0.6) is 0 Å². The molecule has 0 spiro atoms. The van der Waals surface area contributed by atoms with Gasteiger partial charge in [-0.3, -0.25) is 5.73 Å². The SMILES string of the molecule is CCCCCC[N+](C)(C)C(N)CC.[I-]. The van der Waals surface area contributed by atoms with E-state index in [1.807, 2.05) is 0 Å². The van der Waals surface area contributed by atoms with E-state index >= 15 is 0 Å². The number of nitrogens with two attached hydrogens (primary N) is 1. The monoisotopic (exact) mass is 314 g/mol. The van der Waals surface area contributed by atoms with Gasteiger partial charge in [0.15, 0.2) is 0 Å². The van der Waals surface area contributed by atoms with Gasteiger partial charge in [-0.25, -0.2) is 0 Å². The largest absolute Gasteiger partial charge is 1.00 e. The summed E-state index contributed by atoms with van der Waals surface area (Å²) in [5.74, 6) is 0. The van der Waals surface area contributed by atoms with Crippen LogP contribution in [0, 0.1) is 0 Å². The van der Waals surface area contributed by atoms with Crippen molar-refractivity contribution in [3.8, 4) is 0 Å². The second-order valence-corrected chi connectivity index (χ2v) is 4.54. The first-order valence-corrected chi connectivity index (χ1v) is 5.62. The van der Waals surface area contributed by atoms with Gasteiger partial charge >= 0.3 is 0 Å². The molecule has 0 bridgehead atoms. The Morgan fingerprint density at radius 3 is 2.07 bits per heavy atom. The minimum Gasteiger partial charge on any atom is -1.00 e. The Balaban J connectivity index is 0. The van der Waals surface area contributed by atoms with Crippen LogP contribution in [-0.4, -0.2) is 31.3 Å². The first-order chi connectivity index (χ1) is 6.04. The summed E-state index contributed by atoms with van der Waals surface area (Å²) in [5.41, 5.74) is 6.04. The first-order valence-electron chi connectivity index (χ1n) is 5.62. The molecule has 3 heteroatoms. The first kappa shape index (κ1) is 17.1. The van der Waals surface area contributed by atoms with Crippen LogP contribution in [0.25, 0.3) is 0 Å². The van der Waals surface area contributed by atoms with Crippen molar-refractivity contribution in [1.29, 1.82) is 0 Å². The number of unbranched alkanes of at least 4 members (excludes halogenated alkanes) is 3. The van der Waals surface area contributed by atoms with E-state index < -0.39 is 0 Å². The predicted molar refractivity (Wildman–Crippen MR) is 59.4 cm³/mol. The molecule has 2 N–H and O–H groups in total. The molecule has 0 aliphatic rings. The van der Waals surface area contributed by atoms with Gasteiger partial charge in [0.1, 0.15) is 6.17 Å². The zero-order chi connectivity index (χ0) is 10.3. The molecule has 0 fully saturated rings. The summed E-state index contributed by atoms with van der Waals surface area (Å²) in [6, 6.07) is 0. The zero-order valence-electron chi connectivity index (χ0n) is 10.2. The molecule has 1 unspecified atom stereocenters. The Morgan fingerprint density at radius 2 is 1.64 bits per heavy atom. The fourth-order valence-corrected chi connectivity index (χ4v) is 1.61. The lowest BCUT2D eigenvalue weighted by atomic mass is 10.2. The zero-order valence-corrected chi connectivity index (χ0v) is 12.4. The Morgan fingerprint density at radius 1 is 1.07 bits per heavy atom. The molecular formula is C11H27IN2. The quantitative estimate of drug-likeness (QED) is 0.287. The standard InChI is InChI=1S/C11H27N2.HI/c1-5-7-8-9-10-13(3,4)11(12)6-2;/h11H,5-10,12H2,1-4H3;1H/q+1;/p-1. The van der Waals surface area contributed by atoms with Gasteiger partial charge in [-0.1, -0.05) is 26.7 Å². The highest BCUT2D eigenvalue weighted by Gasteiger charge is 2.21. The molecule has 0 radical (unpaired) electrons. The highest BCUT2D eigenvalue weighted by Crippen LogP contribution is 2.09. The summed E-state index contributed by atoms with van der Waals surface area (Å²) in [4.78, 5) is 0. The summed E-state index contributed by atoms with van der Waals surface area (Å²) in [7, 11) is 4.47. The average molecular weight is 314 g/mol. The molecule has 0 aliphatic heterocycles. The van der Waals surface area contributed by atoms with E-state index in [4.69, 9.17) is 5.73 Å². The fourth-order valence-electron chi connectivity index (χ4n) is 1.61. The number of quaternary nitrogens is 1. The maximum atomic E-state index is 6.04. The Hall–Kier alpha value is 0.650. The fraction of sp³-hybridized carbons (Fsp3) is 1.00. The maximum Gasteiger partial charge on any atom is 0.139 e. The molecule has 0 aromatic heterocycles. The second kappa shape index (κ2) is 8.92. The van der Waals surface area contributed by atoms with Gasteiger partial charge in [0.25, 0.3) is 0 Å². The minimum absolute atomic E-state index is 0. The van der Waals surface area contributed by atoms with Crippen molar-refractivity contribution in [2.24, 2.45) is 5.73 Å². The molecule has 0 aliphatic carbocycles. The molecule has 0 rings (SSSR count). The average Bonchev–Trinajstić information content (AvgIpc) is 2.11. The van der Waals surface area contributed by atoms with Crippen molar-refractivity contribution in [2.45, 2.75) is 52.1 Å². The van der Waals surface area contributed by atoms with Crippen LogP contribution < -0.4 is 29.7 Å². The summed E-state index contributed by atoms with van der Waals surface area (Å²) in [6.07, 6.45) is 6.72. The highest BCUT2D eigenvalue weighted by molar-refractivity contribution is 4.46. The third-order valence-corrected chi connectivity index (χ3v) is 2.90. The van der Waals surface area contributed by atoms with E-state index in [2.05, 4.69) is 27.9 Å². The van der Waals surface area contributed by atoms with E-state index in [9.17, 15) is 0 Å². The van der Waals surface area contributed by atoms with Gasteiger partial charge in [-0.2, -0.15) is 0 Å². The van der Waals surface area contributed by atoms with Crippen molar-refractivity contribution < 1.29 is 28.5 Å². The van der Waals surface area contributed by atoms with Crippen LogP contribution in [0.15, 0.2) is 0 Å². The smallest absolute Gasteiger partial charge is 0.139 e. The Kier molecular flexibility index (Phi) is 10.9. The van der Waals surface area contributed by atoms with Crippen molar-refractivity contribution in [3.05, 3.63) is 0 Å². The van der Waals surface area contributed by atoms with Crippen molar-refractivity contribution >= 4 is 0 Å². The molecule has 0 saturated carbocycles. The van der Waals surface area contributed by atoms with Crippen molar-refractivity contribution in [3.63, 3.8) is 0 Å². The molecule has 0 aromatic rings. The van der Waals surface area contributed by atoms with Gasteiger partial charge in [0.05, 0.1) is 20.6 Å². The summed E-state index contributed by atoms with van der Waals surface area (Å²) >= 11 is 0. The van der Waals surface area contributed by atoms with Crippen LogP contribution in [-0.2, 0) is 0 Å². The van der Waals surface area contributed by atoms with Crippen LogP contribution >= 0.6 is 0 Å². The lowest BCUT2D eigenvalue weighted by molar-refractivity contribution is -0.915. The third kappa shape index (κ3) is 7.01. The highest BCUT2D eigenvalue weighted by atomic mass is 127. The predicted octanol–water partition coefficient (Wildman–Crippen LogP) is -0.658. The number of hydrogen-bond acceptors (Lipinski definition) is 1. The third-order valence-electron chi connectivity index (χ3n) is 2.90. The van der Waals surface area contributed by atoms with E-state index in [0.29, 0.717) is 6.17 Å². The Bertz CT molecular complexity index is 126. The van der Waals surface area contributed by atoms with Gasteiger partial charge in [-0.15, -0.1) is 0 Å². The van der Waals surface area contributed by atoms with Gasteiger partial charge in [-0.05, 0) is 12.8 Å². The summed E-state index contributed by atoms with van der Waals surface area (Å²) in [5, 5.41) is 0. The van der Waals surface area contributed by atoms with E-state index in [1.165, 1.54) is 32.2 Å². The lowest BCUT2D eigenvalue weighted by Crippen LogP contribution is -3.00.